The van der Waals surface area contributed by atoms with E-state index in [1.165, 1.54) is 0 Å². The molecule has 1 atom stereocenters. The molecule has 1 aromatic heterocycles. The number of likely N-dealkylation sites (tertiary alicyclic amines) is 1. The molecule has 1 unspecified atom stereocenters. The van der Waals surface area contributed by atoms with E-state index in [2.05, 4.69) is 5.16 Å². The molecule has 1 aliphatic heterocycles. The first-order valence-electron chi connectivity index (χ1n) is 6.42. The van der Waals surface area contributed by atoms with Crippen molar-refractivity contribution in [2.24, 2.45) is 0 Å². The van der Waals surface area contributed by atoms with Crippen LogP contribution in [0.1, 0.15) is 28.2 Å². The van der Waals surface area contributed by atoms with Crippen molar-refractivity contribution >= 4 is 5.91 Å². The van der Waals surface area contributed by atoms with E-state index in [9.17, 15) is 9.90 Å². The summed E-state index contributed by atoms with van der Waals surface area (Å²) in [4.78, 5) is 16.0. The molecule has 6 nitrogen and oxygen atoms in total. The van der Waals surface area contributed by atoms with Crippen molar-refractivity contribution in [3.63, 3.8) is 0 Å². The van der Waals surface area contributed by atoms with Crippen LogP contribution in [0.4, 0.5) is 0 Å². The van der Waals surface area contributed by atoms with Gasteiger partial charge in [-0.05, 0) is 34.4 Å². The molecule has 1 N–H and O–H groups in total. The second-order valence-corrected chi connectivity index (χ2v) is 5.64. The van der Waals surface area contributed by atoms with Crippen molar-refractivity contribution in [1.82, 2.24) is 15.0 Å². The second kappa shape index (κ2) is 4.94. The molecule has 6 heteroatoms. The van der Waals surface area contributed by atoms with Crippen molar-refractivity contribution < 1.29 is 14.4 Å². The Morgan fingerprint density at radius 1 is 1.53 bits per heavy atom. The number of aryl methyl sites for hydroxylation is 2. The van der Waals surface area contributed by atoms with Crippen molar-refractivity contribution in [3.8, 4) is 0 Å². The smallest absolute Gasteiger partial charge is 0.259 e. The fourth-order valence-corrected chi connectivity index (χ4v) is 2.69. The van der Waals surface area contributed by atoms with E-state index in [0.717, 1.165) is 0 Å². The SMILES string of the molecule is Cc1noc(C)c1C(=O)N1CCC(O)(CN(C)C)C1. The van der Waals surface area contributed by atoms with Crippen LogP contribution in [0.5, 0.6) is 0 Å². The van der Waals surface area contributed by atoms with E-state index < -0.39 is 5.60 Å². The minimum Gasteiger partial charge on any atom is -0.387 e. The maximum Gasteiger partial charge on any atom is 0.259 e. The number of likely N-dealkylation sites (N-methyl/N-ethyl adjacent to an activating group) is 1. The molecule has 1 fully saturated rings. The Hall–Kier alpha value is -1.40. The number of rotatable bonds is 3. The van der Waals surface area contributed by atoms with E-state index in [0.29, 0.717) is 43.1 Å². The number of amides is 1. The molecule has 106 valence electrons. The molecule has 2 heterocycles. The highest BCUT2D eigenvalue weighted by Gasteiger charge is 2.39. The summed E-state index contributed by atoms with van der Waals surface area (Å²) in [6, 6.07) is 0. The van der Waals surface area contributed by atoms with Crippen molar-refractivity contribution in [2.75, 3.05) is 33.7 Å². The maximum absolute atomic E-state index is 12.4. The highest BCUT2D eigenvalue weighted by molar-refractivity contribution is 5.96. The van der Waals surface area contributed by atoms with Crippen molar-refractivity contribution in [1.29, 1.82) is 0 Å². The summed E-state index contributed by atoms with van der Waals surface area (Å²) >= 11 is 0. The topological polar surface area (TPSA) is 69.8 Å². The summed E-state index contributed by atoms with van der Waals surface area (Å²) in [6.07, 6.45) is 0.598. The number of β-amino-alcohol motifs (C(OH)–C–C–N with tert-alkyl or cyclic N) is 1. The minimum absolute atomic E-state index is 0.106. The second-order valence-electron chi connectivity index (χ2n) is 5.64. The monoisotopic (exact) mass is 267 g/mol. The molecule has 1 saturated heterocycles. The standard InChI is InChI=1S/C13H21N3O3/c1-9-11(10(2)19-14-9)12(17)16-6-5-13(18,8-16)7-15(3)4/h18H,5-8H2,1-4H3. The van der Waals surface area contributed by atoms with Crippen LogP contribution in [0, 0.1) is 13.8 Å². The fraction of sp³-hybridized carbons (Fsp3) is 0.692. The highest BCUT2D eigenvalue weighted by atomic mass is 16.5. The average molecular weight is 267 g/mol. The number of hydrogen-bond acceptors (Lipinski definition) is 5. The van der Waals surface area contributed by atoms with E-state index >= 15 is 0 Å². The molecule has 0 aromatic carbocycles. The van der Waals surface area contributed by atoms with Gasteiger partial charge in [-0.15, -0.1) is 0 Å². The first-order chi connectivity index (χ1) is 8.82. The van der Waals surface area contributed by atoms with Crippen LogP contribution < -0.4 is 0 Å². The zero-order valence-electron chi connectivity index (χ0n) is 11.9. The van der Waals surface area contributed by atoms with Crippen molar-refractivity contribution in [3.05, 3.63) is 17.0 Å². The van der Waals surface area contributed by atoms with Crippen LogP contribution in [0.25, 0.3) is 0 Å². The Balaban J connectivity index is 2.11. The number of aromatic nitrogens is 1. The largest absolute Gasteiger partial charge is 0.387 e. The molecule has 1 aromatic rings. The normalized spacial score (nSPS) is 23.4. The summed E-state index contributed by atoms with van der Waals surface area (Å²) in [5.41, 5.74) is 0.303. The molecule has 1 amide bonds. The van der Waals surface area contributed by atoms with E-state index in [4.69, 9.17) is 4.52 Å². The van der Waals surface area contributed by atoms with Gasteiger partial charge in [-0.25, -0.2) is 0 Å². The molecule has 0 saturated carbocycles. The van der Waals surface area contributed by atoms with Crippen LogP contribution in [0.15, 0.2) is 4.52 Å². The zero-order valence-corrected chi connectivity index (χ0v) is 11.9. The van der Waals surface area contributed by atoms with E-state index in [1.54, 1.807) is 18.7 Å². The zero-order chi connectivity index (χ0) is 14.2. The van der Waals surface area contributed by atoms with Gasteiger partial charge in [0.1, 0.15) is 11.3 Å². The summed E-state index contributed by atoms with van der Waals surface area (Å²) in [5.74, 6) is 0.427. The number of aliphatic hydroxyl groups is 1. The third-order valence-corrected chi connectivity index (χ3v) is 3.48. The number of carbonyl (C=O) groups excluding carboxylic acids is 1. The molecule has 0 bridgehead atoms. The van der Waals surface area contributed by atoms with Gasteiger partial charge in [-0.3, -0.25) is 4.79 Å². The van der Waals surface area contributed by atoms with Gasteiger partial charge in [-0.2, -0.15) is 0 Å². The van der Waals surface area contributed by atoms with Crippen LogP contribution in [-0.4, -0.2) is 65.3 Å². The van der Waals surface area contributed by atoms with E-state index in [-0.39, 0.29) is 5.91 Å². The predicted molar refractivity (Wildman–Crippen MR) is 70.0 cm³/mol. The number of hydrogen-bond donors (Lipinski definition) is 1. The Kier molecular flexibility index (Phi) is 3.64. The Morgan fingerprint density at radius 2 is 2.21 bits per heavy atom. The molecule has 2 rings (SSSR count). The molecule has 0 radical (unpaired) electrons. The van der Waals surface area contributed by atoms with Crippen LogP contribution >= 0.6 is 0 Å². The van der Waals surface area contributed by atoms with Gasteiger partial charge in [-0.1, -0.05) is 5.16 Å². The van der Waals surface area contributed by atoms with Gasteiger partial charge in [0.05, 0.1) is 17.8 Å². The number of nitrogens with zero attached hydrogens (tertiary/aromatic N) is 3. The molecule has 1 aliphatic rings. The van der Waals surface area contributed by atoms with Crippen LogP contribution in [0.3, 0.4) is 0 Å². The molecule has 0 spiro atoms. The minimum atomic E-state index is -0.821. The Morgan fingerprint density at radius 3 is 2.74 bits per heavy atom. The lowest BCUT2D eigenvalue weighted by molar-refractivity contribution is 0.0235. The summed E-state index contributed by atoms with van der Waals surface area (Å²) in [5, 5.41) is 14.2. The third kappa shape index (κ3) is 2.79. The predicted octanol–water partition coefficient (Wildman–Crippen LogP) is 0.430. The quantitative estimate of drug-likeness (QED) is 0.860. The van der Waals surface area contributed by atoms with Gasteiger partial charge in [0, 0.05) is 13.1 Å². The Bertz CT molecular complexity index is 464. The van der Waals surface area contributed by atoms with Gasteiger partial charge in [0.15, 0.2) is 0 Å². The first kappa shape index (κ1) is 14.0. The van der Waals surface area contributed by atoms with Crippen LogP contribution in [0.2, 0.25) is 0 Å². The lowest BCUT2D eigenvalue weighted by Crippen LogP contribution is -2.43. The summed E-state index contributed by atoms with van der Waals surface area (Å²) < 4.78 is 5.02. The first-order valence-corrected chi connectivity index (χ1v) is 6.42. The van der Waals surface area contributed by atoms with E-state index in [1.807, 2.05) is 19.0 Å². The molecular formula is C13H21N3O3. The summed E-state index contributed by atoms with van der Waals surface area (Å²) in [6.45, 7) is 4.96. The number of carbonyl (C=O) groups is 1. The lowest BCUT2D eigenvalue weighted by Gasteiger charge is -2.26. The molecule has 19 heavy (non-hydrogen) atoms. The van der Waals surface area contributed by atoms with Crippen molar-refractivity contribution in [2.45, 2.75) is 25.9 Å². The summed E-state index contributed by atoms with van der Waals surface area (Å²) in [7, 11) is 3.83. The molecule has 0 aliphatic carbocycles. The van der Waals surface area contributed by atoms with Gasteiger partial charge in [0.2, 0.25) is 0 Å². The maximum atomic E-state index is 12.4. The Labute approximate surface area is 113 Å². The highest BCUT2D eigenvalue weighted by Crippen LogP contribution is 2.25. The molecular weight excluding hydrogens is 246 g/mol. The van der Waals surface area contributed by atoms with Crippen LogP contribution in [-0.2, 0) is 0 Å². The fourth-order valence-electron chi connectivity index (χ4n) is 2.69. The average Bonchev–Trinajstić information content (AvgIpc) is 2.82. The van der Waals surface area contributed by atoms with Gasteiger partial charge >= 0.3 is 0 Å². The third-order valence-electron chi connectivity index (χ3n) is 3.48. The van der Waals surface area contributed by atoms with Gasteiger partial charge in [0.25, 0.3) is 5.91 Å². The lowest BCUT2D eigenvalue weighted by atomic mass is 10.0. The van der Waals surface area contributed by atoms with Gasteiger partial charge < -0.3 is 19.4 Å².